The normalized spacial score (nSPS) is 53.9. The molecule has 0 saturated heterocycles. The zero-order valence-electron chi connectivity index (χ0n) is 23.5. The molecule has 11 atom stereocenters. The number of methoxy groups -OCH3 is 1. The van der Waals surface area contributed by atoms with E-state index in [1.54, 1.807) is 7.11 Å². The lowest BCUT2D eigenvalue weighted by atomic mass is 9.31. The van der Waals surface area contributed by atoms with E-state index in [4.69, 9.17) is 4.74 Å². The van der Waals surface area contributed by atoms with Crippen LogP contribution in [0.15, 0.2) is 0 Å². The van der Waals surface area contributed by atoms with Gasteiger partial charge in [0.05, 0.1) is 24.7 Å². The van der Waals surface area contributed by atoms with Gasteiger partial charge in [-0.05, 0) is 122 Å². The quantitative estimate of drug-likeness (QED) is 0.443. The van der Waals surface area contributed by atoms with Crippen LogP contribution in [0.4, 0.5) is 0 Å². The molecule has 4 heteroatoms. The Kier molecular flexibility index (Phi) is 6.09. The highest BCUT2D eigenvalue weighted by atomic mass is 16.5. The molecule has 2 N–H and O–H groups in total. The standard InChI is InChI=1S/C31H52O4/c1-19(32)20-9-8-14-31(26(34)35-7)18-17-29(5)21(25(20)31)10-11-23-28(4)15-13-24(33)27(2,3)22(28)12-16-30(23,29)6/h19-25,32-33H,8-18H2,1-7H3. The molecular formula is C31H52O4. The van der Waals surface area contributed by atoms with Crippen molar-refractivity contribution in [2.45, 2.75) is 124 Å². The average Bonchev–Trinajstić information content (AvgIpc) is 2.81. The number of fused-ring (bicyclic) bond motifs is 7. The first-order valence-corrected chi connectivity index (χ1v) is 14.7. The second-order valence-corrected chi connectivity index (χ2v) is 15.0. The second kappa shape index (κ2) is 8.19. The van der Waals surface area contributed by atoms with Crippen LogP contribution in [-0.2, 0) is 9.53 Å². The van der Waals surface area contributed by atoms with Crippen molar-refractivity contribution >= 4 is 5.97 Å². The van der Waals surface area contributed by atoms with E-state index in [9.17, 15) is 15.0 Å². The summed E-state index contributed by atoms with van der Waals surface area (Å²) in [5, 5.41) is 21.9. The van der Waals surface area contributed by atoms with E-state index in [0.29, 0.717) is 17.8 Å². The zero-order valence-corrected chi connectivity index (χ0v) is 23.5. The predicted molar refractivity (Wildman–Crippen MR) is 138 cm³/mol. The highest BCUT2D eigenvalue weighted by molar-refractivity contribution is 5.77. The summed E-state index contributed by atoms with van der Waals surface area (Å²) < 4.78 is 5.50. The molecule has 0 spiro atoms. The minimum atomic E-state index is -0.417. The third kappa shape index (κ3) is 3.20. The Morgan fingerprint density at radius 3 is 2.23 bits per heavy atom. The van der Waals surface area contributed by atoms with E-state index < -0.39 is 5.41 Å². The van der Waals surface area contributed by atoms with E-state index in [0.717, 1.165) is 51.4 Å². The van der Waals surface area contributed by atoms with Crippen LogP contribution in [0.2, 0.25) is 0 Å². The van der Waals surface area contributed by atoms with Gasteiger partial charge in [-0.1, -0.05) is 41.0 Å². The Morgan fingerprint density at radius 2 is 1.57 bits per heavy atom. The van der Waals surface area contributed by atoms with Crippen LogP contribution >= 0.6 is 0 Å². The Bertz CT molecular complexity index is 851. The van der Waals surface area contributed by atoms with Crippen molar-refractivity contribution in [1.29, 1.82) is 0 Å². The van der Waals surface area contributed by atoms with Gasteiger partial charge in [-0.3, -0.25) is 4.79 Å². The summed E-state index contributed by atoms with van der Waals surface area (Å²) in [7, 11) is 1.56. The number of aliphatic hydroxyl groups is 2. The van der Waals surface area contributed by atoms with E-state index >= 15 is 0 Å². The summed E-state index contributed by atoms with van der Waals surface area (Å²) in [5.41, 5.74) is 0.204. The fourth-order valence-electron chi connectivity index (χ4n) is 12.0. The summed E-state index contributed by atoms with van der Waals surface area (Å²) in [6, 6.07) is 0. The molecule has 5 aliphatic rings. The maximum Gasteiger partial charge on any atom is 0.312 e. The van der Waals surface area contributed by atoms with Gasteiger partial charge in [-0.25, -0.2) is 0 Å². The molecule has 0 aliphatic heterocycles. The average molecular weight is 489 g/mol. The topological polar surface area (TPSA) is 66.8 Å². The number of carbonyl (C=O) groups excluding carboxylic acids is 1. The Morgan fingerprint density at radius 1 is 0.857 bits per heavy atom. The van der Waals surface area contributed by atoms with Crippen molar-refractivity contribution in [2.75, 3.05) is 7.11 Å². The Labute approximate surface area is 214 Å². The van der Waals surface area contributed by atoms with Crippen LogP contribution in [0.1, 0.15) is 112 Å². The second-order valence-electron chi connectivity index (χ2n) is 15.0. The van der Waals surface area contributed by atoms with Crippen LogP contribution in [0.25, 0.3) is 0 Å². The third-order valence-corrected chi connectivity index (χ3v) is 13.9. The zero-order chi connectivity index (χ0) is 25.6. The molecule has 35 heavy (non-hydrogen) atoms. The first kappa shape index (κ1) is 26.0. The van der Waals surface area contributed by atoms with Crippen molar-refractivity contribution in [3.8, 4) is 0 Å². The van der Waals surface area contributed by atoms with Crippen LogP contribution < -0.4 is 0 Å². The molecule has 11 unspecified atom stereocenters. The minimum absolute atomic E-state index is 0.0131. The first-order valence-electron chi connectivity index (χ1n) is 14.7. The van der Waals surface area contributed by atoms with Crippen molar-refractivity contribution in [3.63, 3.8) is 0 Å². The van der Waals surface area contributed by atoms with Gasteiger partial charge in [0.15, 0.2) is 0 Å². The molecule has 0 aromatic carbocycles. The molecular weight excluding hydrogens is 436 g/mol. The number of hydrogen-bond acceptors (Lipinski definition) is 4. The summed E-state index contributed by atoms with van der Waals surface area (Å²) >= 11 is 0. The molecule has 200 valence electrons. The van der Waals surface area contributed by atoms with Gasteiger partial charge in [0.25, 0.3) is 0 Å². The summed E-state index contributed by atoms with van der Waals surface area (Å²) in [4.78, 5) is 13.4. The summed E-state index contributed by atoms with van der Waals surface area (Å²) in [5.74, 6) is 2.06. The lowest BCUT2D eigenvalue weighted by Gasteiger charge is -2.73. The number of rotatable bonds is 2. The Hall–Kier alpha value is -0.610. The lowest BCUT2D eigenvalue weighted by Crippen LogP contribution is -2.68. The fraction of sp³-hybridized carbons (Fsp3) is 0.968. The smallest absolute Gasteiger partial charge is 0.312 e. The largest absolute Gasteiger partial charge is 0.469 e. The number of aliphatic hydroxyl groups excluding tert-OH is 2. The molecule has 0 radical (unpaired) electrons. The van der Waals surface area contributed by atoms with E-state index in [1.807, 2.05) is 6.92 Å². The van der Waals surface area contributed by atoms with E-state index in [1.165, 1.54) is 19.3 Å². The van der Waals surface area contributed by atoms with Gasteiger partial charge >= 0.3 is 5.97 Å². The minimum Gasteiger partial charge on any atom is -0.469 e. The molecule has 0 amide bonds. The molecule has 4 nitrogen and oxygen atoms in total. The highest BCUT2D eigenvalue weighted by Gasteiger charge is 2.71. The maximum atomic E-state index is 13.4. The first-order chi connectivity index (χ1) is 16.3. The SMILES string of the molecule is COC(=O)C12CCCC(C(C)O)C1C1CCC3C4(C)CCC(O)C(C)(C)C4CCC3(C)C1(C)CC2. The molecule has 5 saturated carbocycles. The van der Waals surface area contributed by atoms with Crippen molar-refractivity contribution in [2.24, 2.45) is 56.7 Å². The summed E-state index contributed by atoms with van der Waals surface area (Å²) in [6.45, 7) is 14.3. The summed E-state index contributed by atoms with van der Waals surface area (Å²) in [6.07, 6.45) is 11.2. The molecule has 5 fully saturated rings. The molecule has 5 aliphatic carbocycles. The van der Waals surface area contributed by atoms with Crippen LogP contribution in [0, 0.1) is 56.7 Å². The van der Waals surface area contributed by atoms with Gasteiger partial charge in [-0.2, -0.15) is 0 Å². The number of carbonyl (C=O) groups is 1. The van der Waals surface area contributed by atoms with Crippen molar-refractivity contribution in [1.82, 2.24) is 0 Å². The number of hydrogen-bond donors (Lipinski definition) is 2. The highest BCUT2D eigenvalue weighted by Crippen LogP contribution is 2.77. The molecule has 0 heterocycles. The molecule has 0 aromatic heterocycles. The fourth-order valence-corrected chi connectivity index (χ4v) is 12.0. The van der Waals surface area contributed by atoms with Gasteiger partial charge < -0.3 is 14.9 Å². The molecule has 0 bridgehead atoms. The van der Waals surface area contributed by atoms with Gasteiger partial charge in [0.1, 0.15) is 0 Å². The van der Waals surface area contributed by atoms with Crippen LogP contribution in [-0.4, -0.2) is 35.5 Å². The van der Waals surface area contributed by atoms with Gasteiger partial charge in [-0.15, -0.1) is 0 Å². The molecule has 5 rings (SSSR count). The lowest BCUT2D eigenvalue weighted by molar-refractivity contribution is -0.260. The van der Waals surface area contributed by atoms with Crippen molar-refractivity contribution < 1.29 is 19.7 Å². The van der Waals surface area contributed by atoms with Gasteiger partial charge in [0, 0.05) is 0 Å². The van der Waals surface area contributed by atoms with Crippen LogP contribution in [0.3, 0.4) is 0 Å². The predicted octanol–water partition coefficient (Wildman–Crippen LogP) is 6.37. The van der Waals surface area contributed by atoms with E-state index in [2.05, 4.69) is 34.6 Å². The number of esters is 1. The monoisotopic (exact) mass is 488 g/mol. The van der Waals surface area contributed by atoms with Crippen molar-refractivity contribution in [3.05, 3.63) is 0 Å². The molecule has 0 aromatic rings. The van der Waals surface area contributed by atoms with E-state index in [-0.39, 0.29) is 51.7 Å². The van der Waals surface area contributed by atoms with Crippen LogP contribution in [0.5, 0.6) is 0 Å². The third-order valence-electron chi connectivity index (χ3n) is 13.9. The van der Waals surface area contributed by atoms with Gasteiger partial charge in [0.2, 0.25) is 0 Å². The Balaban J connectivity index is 1.57. The number of ether oxygens (including phenoxy) is 1. The maximum absolute atomic E-state index is 13.4.